The molecule has 0 bridgehead atoms. The molecule has 1 aliphatic heterocycles. The fourth-order valence-corrected chi connectivity index (χ4v) is 1.54. The van der Waals surface area contributed by atoms with Gasteiger partial charge in [-0.3, -0.25) is 0 Å². The summed E-state index contributed by atoms with van der Waals surface area (Å²) < 4.78 is 4.86. The molecule has 14 heavy (non-hydrogen) atoms. The van der Waals surface area contributed by atoms with E-state index in [1.165, 1.54) is 6.42 Å². The van der Waals surface area contributed by atoms with E-state index in [4.69, 9.17) is 4.74 Å². The molecular formula is C11H17NO2. The average Bonchev–Trinajstić information content (AvgIpc) is 2.67. The molecule has 1 rings (SSSR count). The van der Waals surface area contributed by atoms with Gasteiger partial charge in [-0.15, -0.1) is 0 Å². The number of ether oxygens (including phenoxy) is 1. The SMILES string of the molecule is C=CCOC(=O)C=C(C)C1CCCN1. The Morgan fingerprint density at radius 2 is 2.50 bits per heavy atom. The Morgan fingerprint density at radius 1 is 1.71 bits per heavy atom. The van der Waals surface area contributed by atoms with E-state index in [-0.39, 0.29) is 12.6 Å². The van der Waals surface area contributed by atoms with Crippen molar-refractivity contribution in [3.8, 4) is 0 Å². The van der Waals surface area contributed by atoms with E-state index in [1.807, 2.05) is 6.92 Å². The van der Waals surface area contributed by atoms with E-state index in [0.29, 0.717) is 6.04 Å². The molecule has 0 aliphatic carbocycles. The highest BCUT2D eigenvalue weighted by atomic mass is 16.5. The van der Waals surface area contributed by atoms with E-state index in [0.717, 1.165) is 18.5 Å². The Hall–Kier alpha value is -1.09. The quantitative estimate of drug-likeness (QED) is 0.419. The fraction of sp³-hybridized carbons (Fsp3) is 0.545. The summed E-state index contributed by atoms with van der Waals surface area (Å²) in [5, 5.41) is 3.32. The lowest BCUT2D eigenvalue weighted by Gasteiger charge is -2.09. The van der Waals surface area contributed by atoms with Gasteiger partial charge in [0.15, 0.2) is 0 Å². The van der Waals surface area contributed by atoms with Gasteiger partial charge in [-0.2, -0.15) is 0 Å². The Balaban J connectivity index is 2.40. The second-order valence-corrected chi connectivity index (χ2v) is 3.46. The van der Waals surface area contributed by atoms with Crippen molar-refractivity contribution in [3.63, 3.8) is 0 Å². The first kappa shape index (κ1) is 11.0. The maximum Gasteiger partial charge on any atom is 0.331 e. The van der Waals surface area contributed by atoms with E-state index in [2.05, 4.69) is 11.9 Å². The molecule has 1 aliphatic rings. The monoisotopic (exact) mass is 195 g/mol. The maximum absolute atomic E-state index is 11.2. The molecule has 1 saturated heterocycles. The van der Waals surface area contributed by atoms with Gasteiger partial charge in [-0.1, -0.05) is 12.7 Å². The number of nitrogens with one attached hydrogen (secondary N) is 1. The topological polar surface area (TPSA) is 38.3 Å². The van der Waals surface area contributed by atoms with E-state index < -0.39 is 0 Å². The van der Waals surface area contributed by atoms with Crippen LogP contribution in [0.4, 0.5) is 0 Å². The van der Waals surface area contributed by atoms with Crippen LogP contribution < -0.4 is 5.32 Å². The lowest BCUT2D eigenvalue weighted by atomic mass is 10.1. The van der Waals surface area contributed by atoms with Crippen LogP contribution in [0.25, 0.3) is 0 Å². The summed E-state index contributed by atoms with van der Waals surface area (Å²) in [4.78, 5) is 11.2. The molecule has 0 radical (unpaired) electrons. The van der Waals surface area contributed by atoms with Crippen molar-refractivity contribution in [2.75, 3.05) is 13.2 Å². The molecule has 0 aromatic carbocycles. The van der Waals surface area contributed by atoms with Gasteiger partial charge in [0.1, 0.15) is 6.61 Å². The predicted octanol–water partition coefficient (Wildman–Crippen LogP) is 1.41. The van der Waals surface area contributed by atoms with Crippen molar-refractivity contribution >= 4 is 5.97 Å². The molecule has 0 saturated carbocycles. The summed E-state index contributed by atoms with van der Waals surface area (Å²) in [5.41, 5.74) is 1.05. The third-order valence-corrected chi connectivity index (χ3v) is 2.30. The molecular weight excluding hydrogens is 178 g/mol. The van der Waals surface area contributed by atoms with Crippen LogP contribution in [0.5, 0.6) is 0 Å². The van der Waals surface area contributed by atoms with Crippen molar-refractivity contribution in [1.82, 2.24) is 5.32 Å². The van der Waals surface area contributed by atoms with Gasteiger partial charge in [0.25, 0.3) is 0 Å². The zero-order valence-electron chi connectivity index (χ0n) is 8.58. The summed E-state index contributed by atoms with van der Waals surface area (Å²) in [6, 6.07) is 0.353. The molecule has 0 amide bonds. The van der Waals surface area contributed by atoms with Gasteiger partial charge < -0.3 is 10.1 Å². The lowest BCUT2D eigenvalue weighted by molar-refractivity contribution is -0.136. The minimum absolute atomic E-state index is 0.278. The molecule has 1 unspecified atom stereocenters. The van der Waals surface area contributed by atoms with E-state index in [1.54, 1.807) is 12.2 Å². The van der Waals surface area contributed by atoms with Crippen LogP contribution in [-0.2, 0) is 9.53 Å². The van der Waals surface area contributed by atoms with E-state index >= 15 is 0 Å². The van der Waals surface area contributed by atoms with Crippen molar-refractivity contribution in [3.05, 3.63) is 24.3 Å². The number of esters is 1. The zero-order valence-corrected chi connectivity index (χ0v) is 8.58. The first-order valence-corrected chi connectivity index (χ1v) is 4.93. The largest absolute Gasteiger partial charge is 0.458 e. The minimum atomic E-state index is -0.281. The fourth-order valence-electron chi connectivity index (χ4n) is 1.54. The van der Waals surface area contributed by atoms with Crippen LogP contribution >= 0.6 is 0 Å². The Labute approximate surface area is 84.8 Å². The second-order valence-electron chi connectivity index (χ2n) is 3.46. The van der Waals surface area contributed by atoms with Crippen LogP contribution in [0.2, 0.25) is 0 Å². The molecule has 1 heterocycles. The maximum atomic E-state index is 11.2. The molecule has 0 aromatic heterocycles. The number of hydrogen-bond acceptors (Lipinski definition) is 3. The Morgan fingerprint density at radius 3 is 3.07 bits per heavy atom. The van der Waals surface area contributed by atoms with Crippen LogP contribution in [0.15, 0.2) is 24.3 Å². The molecule has 1 fully saturated rings. The Bertz CT molecular complexity index is 240. The number of hydrogen-bond donors (Lipinski definition) is 1. The molecule has 1 atom stereocenters. The third kappa shape index (κ3) is 3.34. The van der Waals surface area contributed by atoms with Gasteiger partial charge in [0, 0.05) is 12.1 Å². The van der Waals surface area contributed by atoms with Gasteiger partial charge in [0.2, 0.25) is 0 Å². The summed E-state index contributed by atoms with van der Waals surface area (Å²) in [5.74, 6) is -0.281. The highest BCUT2D eigenvalue weighted by Crippen LogP contribution is 2.13. The number of carbonyl (C=O) groups is 1. The average molecular weight is 195 g/mol. The Kier molecular flexibility index (Phi) is 4.40. The molecule has 1 N–H and O–H groups in total. The highest BCUT2D eigenvalue weighted by molar-refractivity contribution is 5.83. The molecule has 3 heteroatoms. The minimum Gasteiger partial charge on any atom is -0.458 e. The summed E-state index contributed by atoms with van der Waals surface area (Å²) in [6.45, 7) is 6.75. The van der Waals surface area contributed by atoms with Gasteiger partial charge in [-0.05, 0) is 31.9 Å². The normalized spacial score (nSPS) is 22.1. The van der Waals surface area contributed by atoms with Crippen LogP contribution in [0.1, 0.15) is 19.8 Å². The summed E-state index contributed by atoms with van der Waals surface area (Å²) >= 11 is 0. The first-order valence-electron chi connectivity index (χ1n) is 4.93. The van der Waals surface area contributed by atoms with Crippen LogP contribution in [-0.4, -0.2) is 25.2 Å². The first-order chi connectivity index (χ1) is 6.74. The predicted molar refractivity (Wildman–Crippen MR) is 55.9 cm³/mol. The third-order valence-electron chi connectivity index (χ3n) is 2.30. The standard InChI is InChI=1S/C11H17NO2/c1-3-7-14-11(13)8-9(2)10-5-4-6-12-10/h3,8,10,12H,1,4-7H2,2H3. The molecule has 0 aromatic rings. The summed E-state index contributed by atoms with van der Waals surface area (Å²) in [6.07, 6.45) is 5.41. The second kappa shape index (κ2) is 5.60. The number of rotatable bonds is 4. The lowest BCUT2D eigenvalue weighted by Crippen LogP contribution is -2.23. The zero-order chi connectivity index (χ0) is 10.4. The van der Waals surface area contributed by atoms with Gasteiger partial charge in [-0.25, -0.2) is 4.79 Å². The van der Waals surface area contributed by atoms with Crippen molar-refractivity contribution in [2.24, 2.45) is 0 Å². The van der Waals surface area contributed by atoms with Gasteiger partial charge in [0.05, 0.1) is 0 Å². The van der Waals surface area contributed by atoms with Gasteiger partial charge >= 0.3 is 5.97 Å². The molecule has 0 spiro atoms. The summed E-state index contributed by atoms with van der Waals surface area (Å²) in [7, 11) is 0. The molecule has 78 valence electrons. The number of carbonyl (C=O) groups excluding carboxylic acids is 1. The molecule has 3 nitrogen and oxygen atoms in total. The van der Waals surface area contributed by atoms with Crippen molar-refractivity contribution < 1.29 is 9.53 Å². The van der Waals surface area contributed by atoms with E-state index in [9.17, 15) is 4.79 Å². The highest BCUT2D eigenvalue weighted by Gasteiger charge is 2.16. The van der Waals surface area contributed by atoms with Crippen molar-refractivity contribution in [2.45, 2.75) is 25.8 Å². The smallest absolute Gasteiger partial charge is 0.331 e. The van der Waals surface area contributed by atoms with Crippen LogP contribution in [0.3, 0.4) is 0 Å². The van der Waals surface area contributed by atoms with Crippen molar-refractivity contribution in [1.29, 1.82) is 0 Å². The van der Waals surface area contributed by atoms with Crippen LogP contribution in [0, 0.1) is 0 Å².